The summed E-state index contributed by atoms with van der Waals surface area (Å²) in [5, 5.41) is 18.6. The first-order chi connectivity index (χ1) is 17.2. The second-order valence-corrected chi connectivity index (χ2v) is 8.60. The molecule has 36 heavy (non-hydrogen) atoms. The van der Waals surface area contributed by atoms with Gasteiger partial charge in [-0.05, 0) is 37.5 Å². The molecule has 0 spiro atoms. The molecule has 1 fully saturated rings. The quantitative estimate of drug-likeness (QED) is 0.476. The third kappa shape index (κ3) is 6.37. The summed E-state index contributed by atoms with van der Waals surface area (Å²) in [6.45, 7) is 1.69. The van der Waals surface area contributed by atoms with E-state index in [1.165, 1.54) is 4.90 Å². The summed E-state index contributed by atoms with van der Waals surface area (Å²) in [7, 11) is 0. The van der Waals surface area contributed by atoms with Crippen LogP contribution >= 0.6 is 0 Å². The molecule has 0 bridgehead atoms. The van der Waals surface area contributed by atoms with Crippen molar-refractivity contribution < 1.29 is 18.0 Å². The van der Waals surface area contributed by atoms with Crippen LogP contribution in [0.4, 0.5) is 24.8 Å². The van der Waals surface area contributed by atoms with E-state index in [2.05, 4.69) is 25.7 Å². The van der Waals surface area contributed by atoms with E-state index in [9.17, 15) is 18.0 Å². The van der Waals surface area contributed by atoms with Crippen LogP contribution in [-0.4, -0.2) is 62.9 Å². The predicted octanol–water partition coefficient (Wildman–Crippen LogP) is 3.84. The molecule has 0 atom stereocenters. The zero-order valence-electron chi connectivity index (χ0n) is 19.6. The van der Waals surface area contributed by atoms with Gasteiger partial charge in [0.2, 0.25) is 5.95 Å². The standard InChI is InChI=1S/C24H25F3N8O/c1-16-12-30-23(33-21(16)17-2-4-18(5-3-17)22(36)29-9-8-28)32-19-13-31-35(14-19)20-6-10-34(11-7-20)15-24(25,26)27/h2-5,12-14,20H,6-7,9-11,15H2,1H3,(H,29,36)(H,30,32,33). The number of aryl methyl sites for hydroxylation is 1. The number of halogens is 3. The molecule has 3 aromatic rings. The number of benzene rings is 1. The lowest BCUT2D eigenvalue weighted by Crippen LogP contribution is -2.40. The van der Waals surface area contributed by atoms with Gasteiger partial charge in [0.05, 0.1) is 36.2 Å². The topological polar surface area (TPSA) is 112 Å². The highest BCUT2D eigenvalue weighted by atomic mass is 19.4. The zero-order valence-corrected chi connectivity index (χ0v) is 19.6. The number of likely N-dealkylation sites (tertiary alicyclic amines) is 1. The highest BCUT2D eigenvalue weighted by Gasteiger charge is 2.33. The Balaban J connectivity index is 1.41. The number of aromatic nitrogens is 4. The van der Waals surface area contributed by atoms with E-state index in [0.29, 0.717) is 48.8 Å². The van der Waals surface area contributed by atoms with E-state index < -0.39 is 12.7 Å². The first-order valence-electron chi connectivity index (χ1n) is 11.4. The predicted molar refractivity (Wildman–Crippen MR) is 126 cm³/mol. The maximum absolute atomic E-state index is 12.6. The number of hydrogen-bond acceptors (Lipinski definition) is 7. The third-order valence-electron chi connectivity index (χ3n) is 5.91. The molecular formula is C24H25F3N8O. The van der Waals surface area contributed by atoms with Gasteiger partial charge in [-0.2, -0.15) is 23.5 Å². The summed E-state index contributed by atoms with van der Waals surface area (Å²) in [5.41, 5.74) is 3.46. The average molecular weight is 499 g/mol. The fourth-order valence-electron chi connectivity index (χ4n) is 4.12. The van der Waals surface area contributed by atoms with Gasteiger partial charge < -0.3 is 10.6 Å². The Kier molecular flexibility index (Phi) is 7.49. The number of amides is 1. The van der Waals surface area contributed by atoms with Crippen LogP contribution in [0, 0.1) is 18.3 Å². The Morgan fingerprint density at radius 2 is 1.92 bits per heavy atom. The van der Waals surface area contributed by atoms with E-state index >= 15 is 0 Å². The number of anilines is 2. The van der Waals surface area contributed by atoms with Crippen molar-refractivity contribution in [3.63, 3.8) is 0 Å². The van der Waals surface area contributed by atoms with Crippen molar-refractivity contribution in [3.05, 3.63) is 54.0 Å². The first-order valence-corrected chi connectivity index (χ1v) is 11.4. The van der Waals surface area contributed by atoms with Crippen LogP contribution < -0.4 is 10.6 Å². The molecule has 1 amide bonds. The summed E-state index contributed by atoms with van der Waals surface area (Å²) in [6, 6.07) is 8.80. The summed E-state index contributed by atoms with van der Waals surface area (Å²) in [6.07, 6.45) is 2.14. The van der Waals surface area contributed by atoms with Gasteiger partial charge in [-0.25, -0.2) is 9.97 Å². The smallest absolute Gasteiger partial charge is 0.339 e. The van der Waals surface area contributed by atoms with Crippen LogP contribution in [-0.2, 0) is 0 Å². The number of hydrogen-bond donors (Lipinski definition) is 2. The summed E-state index contributed by atoms with van der Waals surface area (Å²) in [4.78, 5) is 22.4. The molecule has 9 nitrogen and oxygen atoms in total. The Morgan fingerprint density at radius 1 is 1.19 bits per heavy atom. The lowest BCUT2D eigenvalue weighted by molar-refractivity contribution is -0.148. The number of rotatable bonds is 7. The van der Waals surface area contributed by atoms with Crippen LogP contribution in [0.1, 0.15) is 34.8 Å². The van der Waals surface area contributed by atoms with Gasteiger partial charge in [0.25, 0.3) is 5.91 Å². The van der Waals surface area contributed by atoms with Gasteiger partial charge in [-0.15, -0.1) is 0 Å². The Bertz CT molecular complexity index is 1240. The highest BCUT2D eigenvalue weighted by molar-refractivity contribution is 5.94. The summed E-state index contributed by atoms with van der Waals surface area (Å²) >= 11 is 0. The van der Waals surface area contributed by atoms with Crippen molar-refractivity contribution in [1.82, 2.24) is 30.0 Å². The third-order valence-corrected chi connectivity index (χ3v) is 5.91. The van der Waals surface area contributed by atoms with Crippen molar-refractivity contribution in [2.24, 2.45) is 0 Å². The molecule has 12 heteroatoms. The van der Waals surface area contributed by atoms with Crippen LogP contribution in [0.5, 0.6) is 0 Å². The van der Waals surface area contributed by atoms with Crippen LogP contribution in [0.3, 0.4) is 0 Å². The van der Waals surface area contributed by atoms with Gasteiger partial charge in [-0.3, -0.25) is 14.4 Å². The van der Waals surface area contributed by atoms with Crippen LogP contribution in [0.25, 0.3) is 11.3 Å². The van der Waals surface area contributed by atoms with Crippen molar-refractivity contribution in [2.45, 2.75) is 32.0 Å². The van der Waals surface area contributed by atoms with Gasteiger partial charge in [0.1, 0.15) is 6.54 Å². The molecule has 2 aromatic heterocycles. The molecule has 1 aliphatic rings. The van der Waals surface area contributed by atoms with Crippen molar-refractivity contribution in [1.29, 1.82) is 5.26 Å². The molecule has 1 saturated heterocycles. The second-order valence-electron chi connectivity index (χ2n) is 8.60. The van der Waals surface area contributed by atoms with Gasteiger partial charge in [0.15, 0.2) is 0 Å². The number of nitriles is 1. The van der Waals surface area contributed by atoms with Gasteiger partial charge in [-0.1, -0.05) is 12.1 Å². The van der Waals surface area contributed by atoms with E-state index in [-0.39, 0.29) is 18.5 Å². The van der Waals surface area contributed by atoms with Crippen LogP contribution in [0.15, 0.2) is 42.9 Å². The molecule has 188 valence electrons. The van der Waals surface area contributed by atoms with E-state index in [1.54, 1.807) is 41.3 Å². The largest absolute Gasteiger partial charge is 0.401 e. The molecule has 0 aliphatic carbocycles. The molecule has 0 saturated carbocycles. The Morgan fingerprint density at radius 3 is 2.58 bits per heavy atom. The normalized spacial score (nSPS) is 14.9. The monoisotopic (exact) mass is 498 g/mol. The van der Waals surface area contributed by atoms with Crippen molar-refractivity contribution >= 4 is 17.5 Å². The number of carbonyl (C=O) groups excluding carboxylic acids is 1. The molecule has 2 N–H and O–H groups in total. The minimum atomic E-state index is -4.18. The maximum Gasteiger partial charge on any atom is 0.401 e. The molecular weight excluding hydrogens is 473 g/mol. The van der Waals surface area contributed by atoms with Gasteiger partial charge >= 0.3 is 6.18 Å². The minimum absolute atomic E-state index is 0.0309. The first kappa shape index (κ1) is 25.1. The maximum atomic E-state index is 12.6. The lowest BCUT2D eigenvalue weighted by atomic mass is 10.1. The van der Waals surface area contributed by atoms with E-state index in [0.717, 1.165) is 11.1 Å². The molecule has 0 radical (unpaired) electrons. The number of nitrogens with one attached hydrogen (secondary N) is 2. The number of carbonyl (C=O) groups is 1. The Labute approximate surface area is 206 Å². The van der Waals surface area contributed by atoms with E-state index in [1.807, 2.05) is 19.2 Å². The van der Waals surface area contributed by atoms with Crippen molar-refractivity contribution in [3.8, 4) is 17.3 Å². The number of alkyl halides is 3. The minimum Gasteiger partial charge on any atom is -0.339 e. The summed E-state index contributed by atoms with van der Waals surface area (Å²) in [5.74, 6) is 0.0406. The zero-order chi connectivity index (χ0) is 25.7. The fraction of sp³-hybridized carbons (Fsp3) is 0.375. The van der Waals surface area contributed by atoms with Crippen molar-refractivity contribution in [2.75, 3.05) is 31.5 Å². The van der Waals surface area contributed by atoms with Gasteiger partial charge in [0, 0.05) is 36.6 Å². The molecule has 1 aliphatic heterocycles. The fourth-order valence-corrected chi connectivity index (χ4v) is 4.12. The average Bonchev–Trinajstić information content (AvgIpc) is 3.32. The second kappa shape index (κ2) is 10.7. The molecule has 4 rings (SSSR count). The number of piperidine rings is 1. The molecule has 3 heterocycles. The molecule has 1 aromatic carbocycles. The van der Waals surface area contributed by atoms with Crippen LogP contribution in [0.2, 0.25) is 0 Å². The summed E-state index contributed by atoms with van der Waals surface area (Å²) < 4.78 is 39.6. The Hall–Kier alpha value is -3.98. The SMILES string of the molecule is Cc1cnc(Nc2cnn(C3CCN(CC(F)(F)F)CC3)c2)nc1-c1ccc(C(=O)NCC#N)cc1. The number of nitrogens with zero attached hydrogens (tertiary/aromatic N) is 6. The van der Waals surface area contributed by atoms with E-state index in [4.69, 9.17) is 5.26 Å². The molecule has 0 unspecified atom stereocenters. The highest BCUT2D eigenvalue weighted by Crippen LogP contribution is 2.27. The lowest BCUT2D eigenvalue weighted by Gasteiger charge is -2.32.